The standard InChI is InChI=1S/C19H14Cl3NO3/c1-11-4-2-7-15(22)18(11)25-10-12-8-9-16(26-12)19(24)23-17-13(20)5-3-6-14(17)21/h2-9H,10H2,1H3,(H,23,24). The fourth-order valence-electron chi connectivity index (χ4n) is 2.31. The first-order valence-electron chi connectivity index (χ1n) is 7.67. The Hall–Kier alpha value is -2.14. The number of carbonyl (C=O) groups excluding carboxylic acids is 1. The minimum atomic E-state index is -0.458. The number of nitrogens with one attached hydrogen (secondary N) is 1. The van der Waals surface area contributed by atoms with Crippen LogP contribution in [0.15, 0.2) is 52.9 Å². The summed E-state index contributed by atoms with van der Waals surface area (Å²) in [5.41, 5.74) is 1.25. The van der Waals surface area contributed by atoms with Crippen LogP contribution in [0, 0.1) is 6.92 Å². The van der Waals surface area contributed by atoms with Crippen LogP contribution in [-0.4, -0.2) is 5.91 Å². The molecule has 0 atom stereocenters. The third-order valence-electron chi connectivity index (χ3n) is 3.61. The van der Waals surface area contributed by atoms with E-state index in [2.05, 4.69) is 5.32 Å². The Labute approximate surface area is 165 Å². The van der Waals surface area contributed by atoms with Gasteiger partial charge in [0.05, 0.1) is 20.8 Å². The Morgan fingerprint density at radius 3 is 2.35 bits per heavy atom. The molecule has 0 saturated carbocycles. The number of furan rings is 1. The summed E-state index contributed by atoms with van der Waals surface area (Å²) < 4.78 is 11.2. The highest BCUT2D eigenvalue weighted by Gasteiger charge is 2.15. The zero-order valence-electron chi connectivity index (χ0n) is 13.7. The maximum atomic E-state index is 12.3. The second-order valence-corrected chi connectivity index (χ2v) is 6.71. The number of rotatable bonds is 5. The number of benzene rings is 2. The van der Waals surface area contributed by atoms with Gasteiger partial charge in [0.25, 0.3) is 5.91 Å². The Morgan fingerprint density at radius 2 is 1.65 bits per heavy atom. The van der Waals surface area contributed by atoms with E-state index >= 15 is 0 Å². The van der Waals surface area contributed by atoms with Crippen molar-refractivity contribution in [3.05, 3.63) is 80.7 Å². The molecule has 7 heteroatoms. The van der Waals surface area contributed by atoms with Gasteiger partial charge < -0.3 is 14.5 Å². The molecule has 3 aromatic rings. The molecule has 0 aliphatic carbocycles. The largest absolute Gasteiger partial charge is 0.484 e. The third-order valence-corrected chi connectivity index (χ3v) is 4.54. The molecule has 3 rings (SSSR count). The molecule has 1 amide bonds. The Bertz CT molecular complexity index is 912. The summed E-state index contributed by atoms with van der Waals surface area (Å²) in [5, 5.41) is 3.84. The lowest BCUT2D eigenvalue weighted by atomic mass is 10.2. The lowest BCUT2D eigenvalue weighted by Crippen LogP contribution is -2.11. The number of para-hydroxylation sites is 2. The predicted molar refractivity (Wildman–Crippen MR) is 104 cm³/mol. The summed E-state index contributed by atoms with van der Waals surface area (Å²) in [4.78, 5) is 12.3. The zero-order chi connectivity index (χ0) is 18.7. The summed E-state index contributed by atoms with van der Waals surface area (Å²) in [7, 11) is 0. The van der Waals surface area contributed by atoms with Crippen LogP contribution >= 0.6 is 34.8 Å². The van der Waals surface area contributed by atoms with Crippen LogP contribution < -0.4 is 10.1 Å². The van der Waals surface area contributed by atoms with E-state index in [-0.39, 0.29) is 12.4 Å². The van der Waals surface area contributed by atoms with Crippen LogP contribution in [0.25, 0.3) is 0 Å². The number of halogens is 3. The van der Waals surface area contributed by atoms with Crippen LogP contribution in [0.2, 0.25) is 15.1 Å². The van der Waals surface area contributed by atoms with E-state index in [1.165, 1.54) is 0 Å². The number of anilines is 1. The van der Waals surface area contributed by atoms with Gasteiger partial charge in [0, 0.05) is 0 Å². The fraction of sp³-hybridized carbons (Fsp3) is 0.105. The summed E-state index contributed by atoms with van der Waals surface area (Å²) in [6.07, 6.45) is 0. The van der Waals surface area contributed by atoms with Crippen molar-refractivity contribution in [1.29, 1.82) is 0 Å². The van der Waals surface area contributed by atoms with Gasteiger partial charge in [0.1, 0.15) is 18.1 Å². The first-order chi connectivity index (χ1) is 12.5. The summed E-state index contributed by atoms with van der Waals surface area (Å²) in [5.74, 6) is 0.731. The number of ether oxygens (including phenoxy) is 1. The number of amides is 1. The van der Waals surface area contributed by atoms with E-state index < -0.39 is 5.91 Å². The van der Waals surface area contributed by atoms with Crippen molar-refractivity contribution >= 4 is 46.4 Å². The van der Waals surface area contributed by atoms with Gasteiger partial charge in [-0.1, -0.05) is 53.0 Å². The highest BCUT2D eigenvalue weighted by atomic mass is 35.5. The van der Waals surface area contributed by atoms with Crippen molar-refractivity contribution in [1.82, 2.24) is 0 Å². The molecule has 0 spiro atoms. The van der Waals surface area contributed by atoms with Crippen molar-refractivity contribution in [3.63, 3.8) is 0 Å². The van der Waals surface area contributed by atoms with Gasteiger partial charge in [-0.05, 0) is 42.8 Å². The monoisotopic (exact) mass is 409 g/mol. The molecule has 0 aliphatic heterocycles. The minimum Gasteiger partial charge on any atom is -0.484 e. The van der Waals surface area contributed by atoms with E-state index in [1.807, 2.05) is 19.1 Å². The minimum absolute atomic E-state index is 0.121. The van der Waals surface area contributed by atoms with Crippen molar-refractivity contribution in [3.8, 4) is 5.75 Å². The summed E-state index contributed by atoms with van der Waals surface area (Å²) in [6, 6.07) is 13.7. The predicted octanol–water partition coefficient (Wildman–Crippen LogP) is 6.38. The second-order valence-electron chi connectivity index (χ2n) is 5.49. The smallest absolute Gasteiger partial charge is 0.291 e. The number of hydrogen-bond donors (Lipinski definition) is 1. The first-order valence-corrected chi connectivity index (χ1v) is 8.81. The summed E-state index contributed by atoms with van der Waals surface area (Å²) >= 11 is 18.2. The van der Waals surface area contributed by atoms with Crippen molar-refractivity contribution < 1.29 is 13.9 Å². The molecule has 26 heavy (non-hydrogen) atoms. The average Bonchev–Trinajstić information content (AvgIpc) is 3.07. The molecule has 2 aromatic carbocycles. The molecule has 134 valence electrons. The van der Waals surface area contributed by atoms with E-state index in [1.54, 1.807) is 36.4 Å². The number of aryl methyl sites for hydroxylation is 1. The van der Waals surface area contributed by atoms with Gasteiger partial charge in [0.2, 0.25) is 0 Å². The topological polar surface area (TPSA) is 51.5 Å². The van der Waals surface area contributed by atoms with E-state index in [4.69, 9.17) is 44.0 Å². The van der Waals surface area contributed by atoms with Crippen LogP contribution in [0.5, 0.6) is 5.75 Å². The highest BCUT2D eigenvalue weighted by Crippen LogP contribution is 2.31. The Kier molecular flexibility index (Phi) is 5.77. The Balaban J connectivity index is 1.69. The molecule has 1 aromatic heterocycles. The van der Waals surface area contributed by atoms with Gasteiger partial charge in [-0.3, -0.25) is 4.79 Å². The van der Waals surface area contributed by atoms with Crippen molar-refractivity contribution in [2.75, 3.05) is 5.32 Å². The maximum Gasteiger partial charge on any atom is 0.291 e. The van der Waals surface area contributed by atoms with Crippen molar-refractivity contribution in [2.24, 2.45) is 0 Å². The lowest BCUT2D eigenvalue weighted by molar-refractivity contribution is 0.0992. The molecule has 0 saturated heterocycles. The number of hydrogen-bond acceptors (Lipinski definition) is 3. The van der Waals surface area contributed by atoms with Crippen LogP contribution in [-0.2, 0) is 6.61 Å². The lowest BCUT2D eigenvalue weighted by Gasteiger charge is -2.09. The molecule has 0 fully saturated rings. The molecule has 1 N–H and O–H groups in total. The van der Waals surface area contributed by atoms with E-state index in [9.17, 15) is 4.79 Å². The third kappa shape index (κ3) is 4.15. The number of carbonyl (C=O) groups is 1. The van der Waals surface area contributed by atoms with E-state index in [0.29, 0.717) is 32.3 Å². The molecule has 0 unspecified atom stereocenters. The normalized spacial score (nSPS) is 10.6. The average molecular weight is 411 g/mol. The molecule has 1 heterocycles. The quantitative estimate of drug-likeness (QED) is 0.531. The molecule has 4 nitrogen and oxygen atoms in total. The fourth-order valence-corrected chi connectivity index (χ4v) is 3.08. The zero-order valence-corrected chi connectivity index (χ0v) is 16.0. The van der Waals surface area contributed by atoms with Gasteiger partial charge in [-0.2, -0.15) is 0 Å². The highest BCUT2D eigenvalue weighted by molar-refractivity contribution is 6.40. The molecular formula is C19H14Cl3NO3. The molecule has 0 aliphatic rings. The first kappa shape index (κ1) is 18.6. The second kappa shape index (κ2) is 8.04. The van der Waals surface area contributed by atoms with E-state index in [0.717, 1.165) is 5.56 Å². The molecular weight excluding hydrogens is 397 g/mol. The van der Waals surface area contributed by atoms with Crippen LogP contribution in [0.1, 0.15) is 21.9 Å². The van der Waals surface area contributed by atoms with Gasteiger partial charge in [0.15, 0.2) is 5.76 Å². The molecule has 0 bridgehead atoms. The summed E-state index contributed by atoms with van der Waals surface area (Å²) in [6.45, 7) is 2.04. The van der Waals surface area contributed by atoms with Gasteiger partial charge in [-0.25, -0.2) is 0 Å². The van der Waals surface area contributed by atoms with Gasteiger partial charge >= 0.3 is 0 Å². The van der Waals surface area contributed by atoms with Crippen LogP contribution in [0.3, 0.4) is 0 Å². The SMILES string of the molecule is Cc1cccc(Cl)c1OCc1ccc(C(=O)Nc2c(Cl)cccc2Cl)o1. The van der Waals surface area contributed by atoms with Crippen LogP contribution in [0.4, 0.5) is 5.69 Å². The van der Waals surface area contributed by atoms with Crippen molar-refractivity contribution in [2.45, 2.75) is 13.5 Å². The van der Waals surface area contributed by atoms with Gasteiger partial charge in [-0.15, -0.1) is 0 Å². The Morgan fingerprint density at radius 1 is 1.00 bits per heavy atom. The maximum absolute atomic E-state index is 12.3. The molecule has 0 radical (unpaired) electrons.